The molecule has 2 aliphatic heterocycles. The lowest BCUT2D eigenvalue weighted by atomic mass is 9.66. The molecule has 2 fully saturated rings. The number of nitrogens with zero attached hydrogens (tertiary/aromatic N) is 1. The van der Waals surface area contributed by atoms with Gasteiger partial charge in [-0.1, -0.05) is 23.7 Å². The minimum absolute atomic E-state index is 0.112. The smallest absolute Gasteiger partial charge is 0.141 e. The molecule has 1 aliphatic carbocycles. The number of ether oxygens (including phenoxy) is 2. The van der Waals surface area contributed by atoms with Gasteiger partial charge in [0.15, 0.2) is 0 Å². The van der Waals surface area contributed by atoms with Crippen molar-refractivity contribution in [2.45, 2.75) is 62.0 Å². The van der Waals surface area contributed by atoms with Gasteiger partial charge in [0.2, 0.25) is 0 Å². The fraction of sp³-hybridized carbons (Fsp3) is 0.560. The van der Waals surface area contributed by atoms with Crippen molar-refractivity contribution >= 4 is 11.6 Å². The van der Waals surface area contributed by atoms with E-state index in [4.69, 9.17) is 21.1 Å². The maximum absolute atomic E-state index is 13.6. The predicted molar refractivity (Wildman–Crippen MR) is 119 cm³/mol. The third-order valence-electron chi connectivity index (χ3n) is 7.49. The van der Waals surface area contributed by atoms with Crippen LogP contribution in [0.5, 0.6) is 0 Å². The van der Waals surface area contributed by atoms with Gasteiger partial charge in [-0.2, -0.15) is 0 Å². The Kier molecular flexibility index (Phi) is 6.04. The van der Waals surface area contributed by atoms with E-state index in [0.717, 1.165) is 75.4 Å². The molecule has 1 aromatic heterocycles. The van der Waals surface area contributed by atoms with Crippen molar-refractivity contribution in [2.75, 3.05) is 26.4 Å². The number of hydrogen-bond acceptors (Lipinski definition) is 4. The molecule has 0 radical (unpaired) electrons. The van der Waals surface area contributed by atoms with Gasteiger partial charge in [-0.25, -0.2) is 4.39 Å². The Balaban J connectivity index is 1.31. The summed E-state index contributed by atoms with van der Waals surface area (Å²) in [6.07, 6.45) is 7.96. The number of aromatic nitrogens is 1. The molecule has 6 heteroatoms. The molecule has 1 aromatic carbocycles. The monoisotopic (exact) mass is 444 g/mol. The van der Waals surface area contributed by atoms with Crippen LogP contribution in [0, 0.1) is 5.82 Å². The summed E-state index contributed by atoms with van der Waals surface area (Å²) in [5.41, 5.74) is 3.36. The molecule has 2 aromatic rings. The highest BCUT2D eigenvalue weighted by molar-refractivity contribution is 6.31. The van der Waals surface area contributed by atoms with Gasteiger partial charge in [0.1, 0.15) is 5.82 Å². The highest BCUT2D eigenvalue weighted by atomic mass is 35.5. The molecule has 0 saturated carbocycles. The summed E-state index contributed by atoms with van der Waals surface area (Å²) in [6.45, 7) is 3.09. The van der Waals surface area contributed by atoms with Crippen molar-refractivity contribution in [3.63, 3.8) is 0 Å². The first-order valence-corrected chi connectivity index (χ1v) is 11.8. The van der Waals surface area contributed by atoms with Gasteiger partial charge in [0.25, 0.3) is 0 Å². The lowest BCUT2D eigenvalue weighted by Gasteiger charge is -2.49. The summed E-state index contributed by atoms with van der Waals surface area (Å²) < 4.78 is 25.6. The molecule has 1 unspecified atom stereocenters. The topological polar surface area (TPSA) is 43.4 Å². The van der Waals surface area contributed by atoms with Crippen LogP contribution in [0.25, 0.3) is 0 Å². The molecule has 0 bridgehead atoms. The third-order valence-corrected chi connectivity index (χ3v) is 7.85. The van der Waals surface area contributed by atoms with Crippen LogP contribution in [0.3, 0.4) is 0 Å². The number of rotatable bonds is 5. The van der Waals surface area contributed by atoms with E-state index >= 15 is 0 Å². The minimum Gasteiger partial charge on any atom is -0.381 e. The van der Waals surface area contributed by atoms with E-state index in [9.17, 15) is 4.39 Å². The van der Waals surface area contributed by atoms with Crippen molar-refractivity contribution in [1.29, 1.82) is 0 Å². The minimum atomic E-state index is -0.287. The van der Waals surface area contributed by atoms with E-state index in [1.807, 2.05) is 18.2 Å². The molecule has 4 nitrogen and oxygen atoms in total. The van der Waals surface area contributed by atoms with E-state index in [2.05, 4.69) is 16.4 Å². The molecule has 1 N–H and O–H groups in total. The number of hydrogen-bond donors (Lipinski definition) is 1. The van der Waals surface area contributed by atoms with Crippen LogP contribution in [0.4, 0.5) is 4.39 Å². The summed E-state index contributed by atoms with van der Waals surface area (Å²) in [4.78, 5) is 4.54. The average molecular weight is 445 g/mol. The standard InChI is InChI=1S/C25H30ClFN2O2/c26-22-3-1-2-18-14-20(15-21(18)22)28-10-6-24(23-5-4-19(27)16-29-23)7-13-31-25(17-24)8-11-30-12-9-25/h1-5,16,20,28H,6-15,17H2/t20-,24?/m0/s1. The lowest BCUT2D eigenvalue weighted by Crippen LogP contribution is -2.51. The molecule has 5 rings (SSSR count). The van der Waals surface area contributed by atoms with Crippen LogP contribution in [0.15, 0.2) is 36.5 Å². The summed E-state index contributed by atoms with van der Waals surface area (Å²) in [7, 11) is 0. The number of halogens is 2. The average Bonchev–Trinajstić information content (AvgIpc) is 3.19. The zero-order valence-corrected chi connectivity index (χ0v) is 18.6. The largest absolute Gasteiger partial charge is 0.381 e. The van der Waals surface area contributed by atoms with Crippen LogP contribution in [-0.2, 0) is 27.7 Å². The van der Waals surface area contributed by atoms with Crippen molar-refractivity contribution in [2.24, 2.45) is 0 Å². The van der Waals surface area contributed by atoms with Crippen LogP contribution < -0.4 is 5.32 Å². The molecule has 31 heavy (non-hydrogen) atoms. The van der Waals surface area contributed by atoms with Gasteiger partial charge in [-0.3, -0.25) is 4.98 Å². The van der Waals surface area contributed by atoms with Crippen LogP contribution in [0.2, 0.25) is 5.02 Å². The molecule has 166 valence electrons. The first-order chi connectivity index (χ1) is 15.1. The zero-order valence-electron chi connectivity index (χ0n) is 17.8. The Bertz CT molecular complexity index is 911. The van der Waals surface area contributed by atoms with Crippen LogP contribution >= 0.6 is 11.6 Å². The van der Waals surface area contributed by atoms with Gasteiger partial charge in [-0.15, -0.1) is 0 Å². The van der Waals surface area contributed by atoms with Crippen molar-refractivity contribution in [3.05, 3.63) is 64.2 Å². The van der Waals surface area contributed by atoms with E-state index < -0.39 is 0 Å². The highest BCUT2D eigenvalue weighted by Crippen LogP contribution is 2.47. The molecule has 0 amide bonds. The van der Waals surface area contributed by atoms with Gasteiger partial charge in [-0.05, 0) is 80.8 Å². The molecular weight excluding hydrogens is 415 g/mol. The molecule has 2 saturated heterocycles. The van der Waals surface area contributed by atoms with E-state index in [1.165, 1.54) is 17.3 Å². The highest BCUT2D eigenvalue weighted by Gasteiger charge is 2.48. The van der Waals surface area contributed by atoms with E-state index in [0.29, 0.717) is 12.6 Å². The molecule has 2 atom stereocenters. The van der Waals surface area contributed by atoms with Gasteiger partial charge in [0, 0.05) is 42.0 Å². The lowest BCUT2D eigenvalue weighted by molar-refractivity contribution is -0.154. The van der Waals surface area contributed by atoms with Crippen LogP contribution in [0.1, 0.15) is 48.9 Å². The number of pyridine rings is 1. The molecule has 1 spiro atoms. The van der Waals surface area contributed by atoms with Gasteiger partial charge >= 0.3 is 0 Å². The Labute approximate surface area is 188 Å². The Morgan fingerprint density at radius 3 is 2.74 bits per heavy atom. The fourth-order valence-corrected chi connectivity index (χ4v) is 6.07. The first kappa shape index (κ1) is 21.3. The third kappa shape index (κ3) is 4.38. The van der Waals surface area contributed by atoms with E-state index in [-0.39, 0.29) is 16.8 Å². The number of benzene rings is 1. The summed E-state index contributed by atoms with van der Waals surface area (Å²) in [6, 6.07) is 10.0. The maximum Gasteiger partial charge on any atom is 0.141 e. The second-order valence-electron chi connectivity index (χ2n) is 9.40. The van der Waals surface area contributed by atoms with Gasteiger partial charge in [0.05, 0.1) is 11.8 Å². The molecule has 3 aliphatic rings. The Morgan fingerprint density at radius 2 is 1.97 bits per heavy atom. The van der Waals surface area contributed by atoms with Crippen LogP contribution in [-0.4, -0.2) is 43.0 Å². The number of nitrogens with one attached hydrogen (secondary N) is 1. The Morgan fingerprint density at radius 1 is 1.10 bits per heavy atom. The second-order valence-corrected chi connectivity index (χ2v) is 9.81. The van der Waals surface area contributed by atoms with Crippen molar-refractivity contribution in [1.82, 2.24) is 10.3 Å². The summed E-state index contributed by atoms with van der Waals surface area (Å²) >= 11 is 6.40. The number of fused-ring (bicyclic) bond motifs is 1. The quantitative estimate of drug-likeness (QED) is 0.730. The van der Waals surface area contributed by atoms with Crippen molar-refractivity contribution < 1.29 is 13.9 Å². The first-order valence-electron chi connectivity index (χ1n) is 11.4. The summed E-state index contributed by atoms with van der Waals surface area (Å²) in [5, 5.41) is 4.65. The van der Waals surface area contributed by atoms with E-state index in [1.54, 1.807) is 6.07 Å². The predicted octanol–water partition coefficient (Wildman–Crippen LogP) is 4.62. The zero-order chi connectivity index (χ0) is 21.3. The van der Waals surface area contributed by atoms with Gasteiger partial charge < -0.3 is 14.8 Å². The molecule has 3 heterocycles. The Hall–Kier alpha value is -1.53. The normalized spacial score (nSPS) is 27.4. The summed E-state index contributed by atoms with van der Waals surface area (Å²) in [5.74, 6) is -0.287. The second kappa shape index (κ2) is 8.78. The molecular formula is C25H30ClFN2O2. The SMILES string of the molecule is Fc1ccc(C2(CCN[C@H]3Cc4cccc(Cl)c4C3)CCOC3(CCOCC3)C2)nc1. The fourth-order valence-electron chi connectivity index (χ4n) is 5.80. The van der Waals surface area contributed by atoms with Crippen molar-refractivity contribution in [3.8, 4) is 0 Å². The maximum atomic E-state index is 13.6.